The highest BCUT2D eigenvalue weighted by Crippen LogP contribution is 2.28. The molecule has 1 aromatic heterocycles. The molecule has 150 valence electrons. The molecule has 0 saturated carbocycles. The number of ether oxygens (including phenoxy) is 2. The lowest BCUT2D eigenvalue weighted by atomic mass is 10.2. The fourth-order valence-corrected chi connectivity index (χ4v) is 3.38. The minimum absolute atomic E-state index is 0. The summed E-state index contributed by atoms with van der Waals surface area (Å²) >= 11 is 1.71. The molecule has 0 spiro atoms. The Morgan fingerprint density at radius 3 is 2.56 bits per heavy atom. The Bertz CT molecular complexity index is 749. The maximum Gasteiger partial charge on any atom is 0.191 e. The van der Waals surface area contributed by atoms with Gasteiger partial charge in [-0.1, -0.05) is 6.07 Å². The first-order valence-electron chi connectivity index (χ1n) is 8.82. The molecule has 0 atom stereocenters. The Kier molecular flexibility index (Phi) is 10.5. The number of aromatic nitrogens is 1. The number of aryl methyl sites for hydroxylation is 2. The van der Waals surface area contributed by atoms with Crippen LogP contribution in [0.4, 0.5) is 0 Å². The summed E-state index contributed by atoms with van der Waals surface area (Å²) in [6.45, 7) is 10.8. The van der Waals surface area contributed by atoms with Gasteiger partial charge in [0, 0.05) is 11.4 Å². The molecule has 0 fully saturated rings. The molecule has 27 heavy (non-hydrogen) atoms. The summed E-state index contributed by atoms with van der Waals surface area (Å²) in [6, 6.07) is 5.91. The minimum Gasteiger partial charge on any atom is -0.493 e. The number of halogens is 1. The van der Waals surface area contributed by atoms with Gasteiger partial charge in [-0.2, -0.15) is 0 Å². The van der Waals surface area contributed by atoms with Gasteiger partial charge in [-0.15, -0.1) is 35.3 Å². The van der Waals surface area contributed by atoms with E-state index in [1.165, 1.54) is 4.88 Å². The van der Waals surface area contributed by atoms with Crippen molar-refractivity contribution in [1.82, 2.24) is 15.6 Å². The molecule has 0 aliphatic rings. The second kappa shape index (κ2) is 12.0. The number of hydrogen-bond acceptors (Lipinski definition) is 5. The zero-order valence-electron chi connectivity index (χ0n) is 16.6. The number of guanidine groups is 1. The van der Waals surface area contributed by atoms with Crippen molar-refractivity contribution in [2.45, 2.75) is 40.8 Å². The Balaban J connectivity index is 0.00000364. The SMILES string of the molecule is CCNC(=NCc1ccc(OCC)c(OC)c1)NCc1sc(C)nc1C.I. The average molecular weight is 504 g/mol. The summed E-state index contributed by atoms with van der Waals surface area (Å²) in [5.74, 6) is 2.27. The Morgan fingerprint density at radius 1 is 1.19 bits per heavy atom. The van der Waals surface area contributed by atoms with Gasteiger partial charge in [0.1, 0.15) is 0 Å². The lowest BCUT2D eigenvalue weighted by molar-refractivity contribution is 0.310. The monoisotopic (exact) mass is 504 g/mol. The highest BCUT2D eigenvalue weighted by atomic mass is 127. The lowest BCUT2D eigenvalue weighted by Gasteiger charge is -2.12. The molecule has 0 amide bonds. The molecule has 8 heteroatoms. The average Bonchev–Trinajstić information content (AvgIpc) is 2.95. The molecule has 0 bridgehead atoms. The van der Waals surface area contributed by atoms with E-state index in [1.54, 1.807) is 18.4 Å². The first-order chi connectivity index (χ1) is 12.6. The van der Waals surface area contributed by atoms with Gasteiger partial charge in [0.2, 0.25) is 0 Å². The highest BCUT2D eigenvalue weighted by Gasteiger charge is 2.07. The predicted octanol–water partition coefficient (Wildman–Crippen LogP) is 4.04. The van der Waals surface area contributed by atoms with Crippen LogP contribution in [-0.2, 0) is 13.1 Å². The lowest BCUT2D eigenvalue weighted by Crippen LogP contribution is -2.36. The summed E-state index contributed by atoms with van der Waals surface area (Å²) in [7, 11) is 1.65. The van der Waals surface area contributed by atoms with E-state index in [0.717, 1.165) is 46.8 Å². The van der Waals surface area contributed by atoms with Crippen LogP contribution in [0, 0.1) is 13.8 Å². The zero-order chi connectivity index (χ0) is 18.9. The molecule has 0 unspecified atom stereocenters. The van der Waals surface area contributed by atoms with Crippen molar-refractivity contribution in [3.8, 4) is 11.5 Å². The van der Waals surface area contributed by atoms with E-state index in [1.807, 2.05) is 39.0 Å². The van der Waals surface area contributed by atoms with E-state index in [-0.39, 0.29) is 24.0 Å². The van der Waals surface area contributed by atoms with Crippen molar-refractivity contribution in [3.63, 3.8) is 0 Å². The maximum absolute atomic E-state index is 5.56. The van der Waals surface area contributed by atoms with Crippen molar-refractivity contribution < 1.29 is 9.47 Å². The van der Waals surface area contributed by atoms with Crippen molar-refractivity contribution >= 4 is 41.3 Å². The molecule has 0 aliphatic carbocycles. The summed E-state index contributed by atoms with van der Waals surface area (Å²) < 4.78 is 11.0. The Labute approximate surface area is 182 Å². The molecule has 0 radical (unpaired) electrons. The normalized spacial score (nSPS) is 10.9. The quantitative estimate of drug-likeness (QED) is 0.323. The van der Waals surface area contributed by atoms with Crippen LogP contribution in [-0.4, -0.2) is 31.2 Å². The summed E-state index contributed by atoms with van der Waals surface area (Å²) in [4.78, 5) is 10.4. The topological polar surface area (TPSA) is 67.8 Å². The van der Waals surface area contributed by atoms with Crippen LogP contribution in [0.2, 0.25) is 0 Å². The molecule has 1 heterocycles. The van der Waals surface area contributed by atoms with Crippen molar-refractivity contribution in [1.29, 1.82) is 0 Å². The second-order valence-corrected chi connectivity index (χ2v) is 7.00. The van der Waals surface area contributed by atoms with E-state index in [9.17, 15) is 0 Å². The van der Waals surface area contributed by atoms with E-state index >= 15 is 0 Å². The molecule has 0 saturated heterocycles. The van der Waals surface area contributed by atoms with Crippen LogP contribution >= 0.6 is 35.3 Å². The predicted molar refractivity (Wildman–Crippen MR) is 123 cm³/mol. The van der Waals surface area contributed by atoms with Gasteiger partial charge in [0.05, 0.1) is 37.5 Å². The van der Waals surface area contributed by atoms with Gasteiger partial charge < -0.3 is 20.1 Å². The van der Waals surface area contributed by atoms with Gasteiger partial charge >= 0.3 is 0 Å². The third-order valence-corrected chi connectivity index (χ3v) is 4.78. The molecular weight excluding hydrogens is 475 g/mol. The Hall–Kier alpha value is -1.55. The standard InChI is InChI=1S/C19H28N4O2S.HI/c1-6-20-19(22-12-18-13(3)23-14(4)26-18)21-11-15-8-9-16(25-7-2)17(10-15)24-5;/h8-10H,6-7,11-12H2,1-5H3,(H2,20,21,22);1H. The first-order valence-corrected chi connectivity index (χ1v) is 9.63. The second-order valence-electron chi connectivity index (χ2n) is 5.71. The third-order valence-electron chi connectivity index (χ3n) is 3.71. The minimum atomic E-state index is 0. The number of hydrogen-bond donors (Lipinski definition) is 2. The molecule has 2 rings (SSSR count). The molecule has 2 N–H and O–H groups in total. The number of nitrogens with zero attached hydrogens (tertiary/aromatic N) is 2. The van der Waals surface area contributed by atoms with Gasteiger partial charge in [-0.3, -0.25) is 0 Å². The Morgan fingerprint density at radius 2 is 1.96 bits per heavy atom. The van der Waals surface area contributed by atoms with Crippen LogP contribution in [0.15, 0.2) is 23.2 Å². The molecule has 6 nitrogen and oxygen atoms in total. The van der Waals surface area contributed by atoms with Crippen LogP contribution in [0.1, 0.15) is 35.0 Å². The molecule has 1 aromatic carbocycles. The van der Waals surface area contributed by atoms with Crippen LogP contribution < -0.4 is 20.1 Å². The molecule has 2 aromatic rings. The number of aliphatic imine (C=N–C) groups is 1. The highest BCUT2D eigenvalue weighted by molar-refractivity contribution is 14.0. The molecule has 0 aliphatic heterocycles. The van der Waals surface area contributed by atoms with E-state index < -0.39 is 0 Å². The summed E-state index contributed by atoms with van der Waals surface area (Å²) in [5, 5.41) is 7.74. The zero-order valence-corrected chi connectivity index (χ0v) is 19.7. The van der Waals surface area contributed by atoms with E-state index in [0.29, 0.717) is 13.2 Å². The van der Waals surface area contributed by atoms with Gasteiger partial charge in [-0.05, 0) is 45.4 Å². The smallest absolute Gasteiger partial charge is 0.191 e. The fourth-order valence-electron chi connectivity index (χ4n) is 2.50. The van der Waals surface area contributed by atoms with E-state index in [4.69, 9.17) is 9.47 Å². The van der Waals surface area contributed by atoms with Crippen molar-refractivity contribution in [2.24, 2.45) is 4.99 Å². The van der Waals surface area contributed by atoms with E-state index in [2.05, 4.69) is 27.5 Å². The van der Waals surface area contributed by atoms with Gasteiger partial charge in [0.25, 0.3) is 0 Å². The summed E-state index contributed by atoms with van der Waals surface area (Å²) in [5.41, 5.74) is 2.14. The largest absolute Gasteiger partial charge is 0.493 e. The number of nitrogens with one attached hydrogen (secondary N) is 2. The van der Waals surface area contributed by atoms with Crippen molar-refractivity contribution in [2.75, 3.05) is 20.3 Å². The van der Waals surface area contributed by atoms with Crippen LogP contribution in [0.5, 0.6) is 11.5 Å². The summed E-state index contributed by atoms with van der Waals surface area (Å²) in [6.07, 6.45) is 0. The number of methoxy groups -OCH3 is 1. The first kappa shape index (κ1) is 23.5. The van der Waals surface area contributed by atoms with Gasteiger partial charge in [0.15, 0.2) is 17.5 Å². The number of thiazole rings is 1. The van der Waals surface area contributed by atoms with Crippen LogP contribution in [0.25, 0.3) is 0 Å². The number of benzene rings is 1. The fraction of sp³-hybridized carbons (Fsp3) is 0.474. The molecular formula is C19H29IN4O2S. The van der Waals surface area contributed by atoms with Crippen LogP contribution in [0.3, 0.4) is 0 Å². The maximum atomic E-state index is 5.56. The van der Waals surface area contributed by atoms with Gasteiger partial charge in [-0.25, -0.2) is 9.98 Å². The van der Waals surface area contributed by atoms with Crippen molar-refractivity contribution in [3.05, 3.63) is 39.3 Å². The third kappa shape index (κ3) is 7.17. The number of rotatable bonds is 8.